The Morgan fingerprint density at radius 1 is 1.06 bits per heavy atom. The molecule has 0 aliphatic heterocycles. The Hall–Kier alpha value is -2.29. The molecule has 2 amide bonds. The summed E-state index contributed by atoms with van der Waals surface area (Å²) in [6.07, 6.45) is 2.75. The lowest BCUT2D eigenvalue weighted by atomic mass is 10.1. The molecular formula is C26H35Cl2N3O4S. The third-order valence-corrected chi connectivity index (χ3v) is 7.73. The molecule has 2 aromatic carbocycles. The van der Waals surface area contributed by atoms with Gasteiger partial charge in [-0.2, -0.15) is 0 Å². The molecule has 198 valence electrons. The summed E-state index contributed by atoms with van der Waals surface area (Å²) in [5.41, 5.74) is 2.16. The number of sulfonamides is 1. The molecule has 0 aromatic heterocycles. The van der Waals surface area contributed by atoms with E-state index in [2.05, 4.69) is 5.32 Å². The minimum Gasteiger partial charge on any atom is -0.354 e. The number of nitrogens with one attached hydrogen (secondary N) is 1. The number of aryl methyl sites for hydroxylation is 1. The predicted molar refractivity (Wildman–Crippen MR) is 147 cm³/mol. The maximum absolute atomic E-state index is 13.4. The summed E-state index contributed by atoms with van der Waals surface area (Å²) in [5, 5.41) is 3.65. The van der Waals surface area contributed by atoms with Crippen LogP contribution in [0.2, 0.25) is 10.0 Å². The monoisotopic (exact) mass is 555 g/mol. The summed E-state index contributed by atoms with van der Waals surface area (Å²) < 4.78 is 26.3. The van der Waals surface area contributed by atoms with Gasteiger partial charge in [0.05, 0.1) is 22.0 Å². The van der Waals surface area contributed by atoms with Gasteiger partial charge in [-0.1, -0.05) is 61.3 Å². The molecule has 2 rings (SSSR count). The zero-order valence-electron chi connectivity index (χ0n) is 21.3. The van der Waals surface area contributed by atoms with E-state index < -0.39 is 16.1 Å². The van der Waals surface area contributed by atoms with E-state index in [-0.39, 0.29) is 31.3 Å². The van der Waals surface area contributed by atoms with Crippen LogP contribution in [0.25, 0.3) is 0 Å². The lowest BCUT2D eigenvalue weighted by molar-refractivity contribution is -0.141. The zero-order valence-corrected chi connectivity index (χ0v) is 23.6. The van der Waals surface area contributed by atoms with Crippen LogP contribution in [0.1, 0.15) is 50.7 Å². The van der Waals surface area contributed by atoms with Crippen LogP contribution in [0.15, 0.2) is 42.5 Å². The molecule has 0 radical (unpaired) electrons. The molecule has 1 N–H and O–H groups in total. The highest BCUT2D eigenvalue weighted by molar-refractivity contribution is 7.92. The van der Waals surface area contributed by atoms with Crippen LogP contribution >= 0.6 is 23.2 Å². The molecule has 0 fully saturated rings. The molecule has 0 saturated heterocycles. The van der Waals surface area contributed by atoms with Crippen molar-refractivity contribution in [1.82, 2.24) is 10.2 Å². The number of hydrogen-bond donors (Lipinski definition) is 1. The maximum atomic E-state index is 13.4. The van der Waals surface area contributed by atoms with Gasteiger partial charge in [0.2, 0.25) is 21.8 Å². The van der Waals surface area contributed by atoms with Gasteiger partial charge in [-0.3, -0.25) is 13.9 Å². The molecule has 7 nitrogen and oxygen atoms in total. The number of carbonyl (C=O) groups is 2. The van der Waals surface area contributed by atoms with Crippen molar-refractivity contribution in [2.45, 2.75) is 59.0 Å². The summed E-state index contributed by atoms with van der Waals surface area (Å²) in [4.78, 5) is 27.9. The van der Waals surface area contributed by atoms with Crippen LogP contribution in [0.3, 0.4) is 0 Å². The van der Waals surface area contributed by atoms with Gasteiger partial charge in [0.25, 0.3) is 0 Å². The molecule has 1 atom stereocenters. The fourth-order valence-corrected chi connectivity index (χ4v) is 5.29. The van der Waals surface area contributed by atoms with Crippen molar-refractivity contribution in [1.29, 1.82) is 0 Å². The Labute approximate surface area is 224 Å². The smallest absolute Gasteiger partial charge is 0.242 e. The van der Waals surface area contributed by atoms with E-state index in [1.54, 1.807) is 35.2 Å². The average Bonchev–Trinajstić information content (AvgIpc) is 2.82. The molecule has 10 heteroatoms. The number of anilines is 1. The van der Waals surface area contributed by atoms with E-state index in [9.17, 15) is 18.0 Å². The second-order valence-corrected chi connectivity index (χ2v) is 11.4. The van der Waals surface area contributed by atoms with Crippen molar-refractivity contribution in [3.05, 3.63) is 63.6 Å². The number of benzene rings is 2. The highest BCUT2D eigenvalue weighted by atomic mass is 35.5. The van der Waals surface area contributed by atoms with E-state index in [4.69, 9.17) is 23.2 Å². The lowest BCUT2D eigenvalue weighted by Gasteiger charge is -2.31. The molecular weight excluding hydrogens is 521 g/mol. The first-order valence-corrected chi connectivity index (χ1v) is 14.6. The first-order chi connectivity index (χ1) is 17.0. The average molecular weight is 557 g/mol. The summed E-state index contributed by atoms with van der Waals surface area (Å²) in [5.74, 6) is -0.455. The molecule has 0 saturated carbocycles. The number of para-hydroxylation sites is 1. The Balaban J connectivity index is 2.24. The number of nitrogens with zero attached hydrogens (tertiary/aromatic N) is 2. The summed E-state index contributed by atoms with van der Waals surface area (Å²) in [7, 11) is -3.54. The number of halogens is 2. The van der Waals surface area contributed by atoms with Gasteiger partial charge in [0.1, 0.15) is 6.04 Å². The van der Waals surface area contributed by atoms with Crippen molar-refractivity contribution in [3.8, 4) is 0 Å². The van der Waals surface area contributed by atoms with Crippen LogP contribution < -0.4 is 9.62 Å². The van der Waals surface area contributed by atoms with Crippen molar-refractivity contribution in [2.24, 2.45) is 0 Å². The number of amides is 2. The Bertz CT molecular complexity index is 1160. The fourth-order valence-electron chi connectivity index (χ4n) is 3.95. The molecule has 0 aliphatic carbocycles. The number of carbonyl (C=O) groups excluding carboxylic acids is 2. The second-order valence-electron chi connectivity index (χ2n) is 8.71. The van der Waals surface area contributed by atoms with Gasteiger partial charge < -0.3 is 10.2 Å². The van der Waals surface area contributed by atoms with Gasteiger partial charge in [-0.05, 0) is 55.5 Å². The first kappa shape index (κ1) is 29.9. The van der Waals surface area contributed by atoms with Gasteiger partial charge in [0.15, 0.2) is 0 Å². The third kappa shape index (κ3) is 8.39. The van der Waals surface area contributed by atoms with Crippen LogP contribution in [-0.4, -0.2) is 50.5 Å². The van der Waals surface area contributed by atoms with E-state index in [1.807, 2.05) is 32.9 Å². The summed E-state index contributed by atoms with van der Waals surface area (Å²) in [6, 6.07) is 11.7. The maximum Gasteiger partial charge on any atom is 0.242 e. The van der Waals surface area contributed by atoms with Gasteiger partial charge in [0, 0.05) is 26.1 Å². The molecule has 0 aliphatic rings. The highest BCUT2D eigenvalue weighted by Gasteiger charge is 2.29. The molecule has 0 bridgehead atoms. The van der Waals surface area contributed by atoms with Gasteiger partial charge >= 0.3 is 0 Å². The van der Waals surface area contributed by atoms with E-state index in [0.29, 0.717) is 35.1 Å². The van der Waals surface area contributed by atoms with Crippen molar-refractivity contribution in [2.75, 3.05) is 23.7 Å². The van der Waals surface area contributed by atoms with Gasteiger partial charge in [-0.15, -0.1) is 0 Å². The Kier molecular flexibility index (Phi) is 11.5. The summed E-state index contributed by atoms with van der Waals surface area (Å²) >= 11 is 12.2. The van der Waals surface area contributed by atoms with E-state index in [1.165, 1.54) is 4.31 Å². The molecule has 0 unspecified atom stereocenters. The van der Waals surface area contributed by atoms with E-state index in [0.717, 1.165) is 23.8 Å². The van der Waals surface area contributed by atoms with Gasteiger partial charge in [-0.25, -0.2) is 8.42 Å². The molecule has 0 spiro atoms. The quantitative estimate of drug-likeness (QED) is 0.368. The highest BCUT2D eigenvalue weighted by Crippen LogP contribution is 2.25. The van der Waals surface area contributed by atoms with Crippen LogP contribution in [-0.2, 0) is 26.2 Å². The fraction of sp³-hybridized carbons (Fsp3) is 0.462. The minimum atomic E-state index is -3.54. The number of rotatable bonds is 13. The van der Waals surface area contributed by atoms with Crippen LogP contribution in [0.5, 0.6) is 0 Å². The number of hydrogen-bond acceptors (Lipinski definition) is 4. The summed E-state index contributed by atoms with van der Waals surface area (Å²) in [6.45, 7) is 6.51. The topological polar surface area (TPSA) is 86.8 Å². The molecule has 2 aromatic rings. The van der Waals surface area contributed by atoms with Crippen molar-refractivity contribution in [3.63, 3.8) is 0 Å². The predicted octanol–water partition coefficient (Wildman–Crippen LogP) is 5.18. The SMILES string of the molecule is CCCNC(=O)[C@H](CC)N(Cc1ccc(Cl)c(Cl)c1)C(=O)CCCN(c1ccccc1C)S(C)(=O)=O. The molecule has 0 heterocycles. The third-order valence-electron chi connectivity index (χ3n) is 5.81. The Morgan fingerprint density at radius 3 is 2.33 bits per heavy atom. The minimum absolute atomic E-state index is 0.0801. The zero-order chi connectivity index (χ0) is 26.9. The second kappa shape index (κ2) is 13.9. The standard InChI is InChI=1S/C26H35Cl2N3O4S/c1-5-15-29-26(33)23(6-2)30(18-20-13-14-21(27)22(28)17-20)25(32)12-9-16-31(36(4,34)35)24-11-8-7-10-19(24)3/h7-8,10-11,13-14,17,23H,5-6,9,12,15-16,18H2,1-4H3,(H,29,33)/t23-/m0/s1. The van der Waals surface area contributed by atoms with Crippen molar-refractivity contribution < 1.29 is 18.0 Å². The largest absolute Gasteiger partial charge is 0.354 e. The van der Waals surface area contributed by atoms with E-state index >= 15 is 0 Å². The Morgan fingerprint density at radius 2 is 1.75 bits per heavy atom. The van der Waals surface area contributed by atoms with Crippen molar-refractivity contribution >= 4 is 50.7 Å². The first-order valence-electron chi connectivity index (χ1n) is 12.0. The normalized spacial score (nSPS) is 12.2. The molecule has 36 heavy (non-hydrogen) atoms. The van der Waals surface area contributed by atoms with Crippen LogP contribution in [0.4, 0.5) is 5.69 Å². The van der Waals surface area contributed by atoms with Crippen LogP contribution in [0, 0.1) is 6.92 Å². The lowest BCUT2D eigenvalue weighted by Crippen LogP contribution is -2.49.